The fraction of sp³-hybridized carbons (Fsp3) is 0.538. The molecule has 0 aliphatic rings. The molecule has 114 valence electrons. The Morgan fingerprint density at radius 3 is 2.50 bits per heavy atom. The maximum absolute atomic E-state index is 11.2. The molecule has 1 aromatic rings. The number of hydrogen-bond donors (Lipinski definition) is 1. The van der Waals surface area contributed by atoms with Crippen LogP contribution in [0.5, 0.6) is 5.75 Å². The predicted molar refractivity (Wildman–Crippen MR) is 75.4 cm³/mol. The first-order valence-corrected chi connectivity index (χ1v) is 7.82. The second-order valence-corrected chi connectivity index (χ2v) is 5.84. The Labute approximate surface area is 119 Å². The molecule has 0 aliphatic carbocycles. The van der Waals surface area contributed by atoms with Gasteiger partial charge in [-0.25, -0.2) is 13.6 Å². The number of rotatable bonds is 9. The SMILES string of the molecule is COCCOCCCOc1ccc(S(N)(=O)=O)cc1C. The Bertz CT molecular complexity index is 515. The molecule has 0 aliphatic heterocycles. The summed E-state index contributed by atoms with van der Waals surface area (Å²) in [5.74, 6) is 0.647. The van der Waals surface area contributed by atoms with Gasteiger partial charge in [-0.2, -0.15) is 0 Å². The van der Waals surface area contributed by atoms with Gasteiger partial charge in [-0.1, -0.05) is 0 Å². The molecule has 20 heavy (non-hydrogen) atoms. The molecule has 6 nitrogen and oxygen atoms in total. The molecule has 0 bridgehead atoms. The van der Waals surface area contributed by atoms with Crippen molar-refractivity contribution in [2.75, 3.05) is 33.5 Å². The monoisotopic (exact) mass is 303 g/mol. The van der Waals surface area contributed by atoms with Crippen LogP contribution >= 0.6 is 0 Å². The first kappa shape index (κ1) is 16.9. The summed E-state index contributed by atoms with van der Waals surface area (Å²) in [6, 6.07) is 4.55. The summed E-state index contributed by atoms with van der Waals surface area (Å²) in [6.45, 7) is 4.02. The van der Waals surface area contributed by atoms with Crippen molar-refractivity contribution in [1.82, 2.24) is 0 Å². The molecule has 0 heterocycles. The maximum atomic E-state index is 11.2. The summed E-state index contributed by atoms with van der Waals surface area (Å²) < 4.78 is 38.1. The number of sulfonamides is 1. The summed E-state index contributed by atoms with van der Waals surface area (Å²) in [6.07, 6.45) is 0.750. The number of hydrogen-bond acceptors (Lipinski definition) is 5. The van der Waals surface area contributed by atoms with Gasteiger partial charge in [0.1, 0.15) is 5.75 Å². The predicted octanol–water partition coefficient (Wildman–Crippen LogP) is 1.07. The largest absolute Gasteiger partial charge is 0.493 e. The van der Waals surface area contributed by atoms with Crippen LogP contribution in [-0.2, 0) is 19.5 Å². The summed E-state index contributed by atoms with van der Waals surface area (Å²) in [4.78, 5) is 0.0882. The molecule has 0 spiro atoms. The average Bonchev–Trinajstić information content (AvgIpc) is 2.38. The lowest BCUT2D eigenvalue weighted by Crippen LogP contribution is -2.12. The first-order chi connectivity index (χ1) is 9.45. The van der Waals surface area contributed by atoms with Crippen LogP contribution in [-0.4, -0.2) is 42.0 Å². The zero-order chi connectivity index (χ0) is 15.0. The topological polar surface area (TPSA) is 87.8 Å². The minimum absolute atomic E-state index is 0.0882. The molecule has 1 rings (SSSR count). The fourth-order valence-electron chi connectivity index (χ4n) is 1.55. The van der Waals surface area contributed by atoms with Crippen molar-refractivity contribution >= 4 is 10.0 Å². The average molecular weight is 303 g/mol. The summed E-state index contributed by atoms with van der Waals surface area (Å²) in [7, 11) is -2.04. The number of methoxy groups -OCH3 is 1. The molecule has 0 fully saturated rings. The highest BCUT2D eigenvalue weighted by Crippen LogP contribution is 2.21. The van der Waals surface area contributed by atoms with Gasteiger partial charge in [0.25, 0.3) is 0 Å². The maximum Gasteiger partial charge on any atom is 0.238 e. The number of aryl methyl sites for hydroxylation is 1. The Morgan fingerprint density at radius 1 is 1.15 bits per heavy atom. The van der Waals surface area contributed by atoms with Crippen molar-refractivity contribution < 1.29 is 22.6 Å². The molecule has 0 saturated heterocycles. The van der Waals surface area contributed by atoms with Crippen molar-refractivity contribution in [3.05, 3.63) is 23.8 Å². The molecule has 2 N–H and O–H groups in total. The normalized spacial score (nSPS) is 11.6. The summed E-state index contributed by atoms with van der Waals surface area (Å²) >= 11 is 0. The van der Waals surface area contributed by atoms with E-state index >= 15 is 0 Å². The third kappa shape index (κ3) is 5.87. The number of primary sulfonamides is 1. The van der Waals surface area contributed by atoms with Gasteiger partial charge < -0.3 is 14.2 Å². The van der Waals surface area contributed by atoms with E-state index < -0.39 is 10.0 Å². The molecule has 1 aromatic carbocycles. The van der Waals surface area contributed by atoms with Gasteiger partial charge in [-0.05, 0) is 30.7 Å². The van der Waals surface area contributed by atoms with Gasteiger partial charge in [-0.3, -0.25) is 0 Å². The van der Waals surface area contributed by atoms with E-state index in [-0.39, 0.29) is 4.90 Å². The van der Waals surface area contributed by atoms with Gasteiger partial charge in [0.2, 0.25) is 10.0 Å². The molecule has 7 heteroatoms. The quantitative estimate of drug-likeness (QED) is 0.690. The molecule has 0 aromatic heterocycles. The molecule has 0 atom stereocenters. The standard InChI is InChI=1S/C13H21NO5S/c1-11-10-12(20(14,15)16)4-5-13(11)19-7-3-6-18-9-8-17-2/h4-5,10H,3,6-9H2,1-2H3,(H2,14,15,16). The minimum Gasteiger partial charge on any atom is -0.493 e. The van der Waals surface area contributed by atoms with Crippen molar-refractivity contribution in [2.45, 2.75) is 18.2 Å². The second kappa shape index (κ2) is 8.21. The number of benzene rings is 1. The Morgan fingerprint density at radius 2 is 1.90 bits per heavy atom. The van der Waals surface area contributed by atoms with E-state index in [9.17, 15) is 8.42 Å². The second-order valence-electron chi connectivity index (χ2n) is 4.28. The highest BCUT2D eigenvalue weighted by molar-refractivity contribution is 7.89. The van der Waals surface area contributed by atoms with E-state index in [4.69, 9.17) is 19.3 Å². The highest BCUT2D eigenvalue weighted by Gasteiger charge is 2.09. The van der Waals surface area contributed by atoms with E-state index in [1.807, 2.05) is 0 Å². The van der Waals surface area contributed by atoms with E-state index in [0.29, 0.717) is 32.2 Å². The minimum atomic E-state index is -3.67. The number of ether oxygens (including phenoxy) is 3. The summed E-state index contributed by atoms with van der Waals surface area (Å²) in [5.41, 5.74) is 0.733. The van der Waals surface area contributed by atoms with Crippen LogP contribution in [0.2, 0.25) is 0 Å². The van der Waals surface area contributed by atoms with Gasteiger partial charge in [0.15, 0.2) is 0 Å². The first-order valence-electron chi connectivity index (χ1n) is 6.28. The Balaban J connectivity index is 2.38. The van der Waals surface area contributed by atoms with Crippen LogP contribution in [0.25, 0.3) is 0 Å². The summed E-state index contributed by atoms with van der Waals surface area (Å²) in [5, 5.41) is 5.06. The molecular weight excluding hydrogens is 282 g/mol. The Kier molecular flexibility index (Phi) is 6.94. The van der Waals surface area contributed by atoms with Crippen LogP contribution in [0, 0.1) is 6.92 Å². The lowest BCUT2D eigenvalue weighted by molar-refractivity contribution is 0.0644. The Hall–Kier alpha value is -1.15. The van der Waals surface area contributed by atoms with E-state index in [1.54, 1.807) is 20.1 Å². The van der Waals surface area contributed by atoms with Crippen molar-refractivity contribution in [2.24, 2.45) is 5.14 Å². The molecule has 0 unspecified atom stereocenters. The van der Waals surface area contributed by atoms with E-state index in [2.05, 4.69) is 0 Å². The lowest BCUT2D eigenvalue weighted by Gasteiger charge is -2.10. The number of nitrogens with two attached hydrogens (primary N) is 1. The zero-order valence-corrected chi connectivity index (χ0v) is 12.6. The van der Waals surface area contributed by atoms with Gasteiger partial charge in [-0.15, -0.1) is 0 Å². The fourth-order valence-corrected chi connectivity index (χ4v) is 2.15. The van der Waals surface area contributed by atoms with Crippen molar-refractivity contribution in [1.29, 1.82) is 0 Å². The zero-order valence-electron chi connectivity index (χ0n) is 11.8. The van der Waals surface area contributed by atoms with Gasteiger partial charge >= 0.3 is 0 Å². The van der Waals surface area contributed by atoms with E-state index in [0.717, 1.165) is 12.0 Å². The molecule has 0 saturated carbocycles. The van der Waals surface area contributed by atoms with Crippen LogP contribution in [0.4, 0.5) is 0 Å². The van der Waals surface area contributed by atoms with Crippen molar-refractivity contribution in [3.63, 3.8) is 0 Å². The van der Waals surface area contributed by atoms with Crippen molar-refractivity contribution in [3.8, 4) is 5.75 Å². The van der Waals surface area contributed by atoms with E-state index in [1.165, 1.54) is 12.1 Å². The highest BCUT2D eigenvalue weighted by atomic mass is 32.2. The van der Waals surface area contributed by atoms with Crippen LogP contribution in [0.15, 0.2) is 23.1 Å². The van der Waals surface area contributed by atoms with Crippen LogP contribution < -0.4 is 9.88 Å². The third-order valence-corrected chi connectivity index (χ3v) is 3.51. The third-order valence-electron chi connectivity index (χ3n) is 2.60. The smallest absolute Gasteiger partial charge is 0.238 e. The van der Waals surface area contributed by atoms with Gasteiger partial charge in [0, 0.05) is 20.1 Å². The lowest BCUT2D eigenvalue weighted by atomic mass is 10.2. The van der Waals surface area contributed by atoms with Crippen LogP contribution in [0.3, 0.4) is 0 Å². The molecule has 0 amide bonds. The van der Waals surface area contributed by atoms with Gasteiger partial charge in [0.05, 0.1) is 24.7 Å². The molecular formula is C13H21NO5S. The van der Waals surface area contributed by atoms with Crippen LogP contribution in [0.1, 0.15) is 12.0 Å². The molecule has 0 radical (unpaired) electrons.